The first-order chi connectivity index (χ1) is 9.81. The summed E-state index contributed by atoms with van der Waals surface area (Å²) in [7, 11) is 0. The number of ether oxygens (including phenoxy) is 1. The molecule has 0 N–H and O–H groups in total. The lowest BCUT2D eigenvalue weighted by Gasteiger charge is -2.32. The largest absolute Gasteiger partial charge is 0.489 e. The van der Waals surface area contributed by atoms with Gasteiger partial charge in [0.05, 0.1) is 12.0 Å². The van der Waals surface area contributed by atoms with E-state index in [1.165, 1.54) is 5.56 Å². The lowest BCUT2D eigenvalue weighted by atomic mass is 9.81. The summed E-state index contributed by atoms with van der Waals surface area (Å²) in [4.78, 5) is 0. The van der Waals surface area contributed by atoms with E-state index in [2.05, 4.69) is 58.9 Å². The van der Waals surface area contributed by atoms with Gasteiger partial charge in [0.25, 0.3) is 0 Å². The minimum absolute atomic E-state index is 0.0305. The molecule has 3 unspecified atom stereocenters. The summed E-state index contributed by atoms with van der Waals surface area (Å²) in [5, 5.41) is 9.32. The van der Waals surface area contributed by atoms with E-state index in [1.807, 2.05) is 0 Å². The second kappa shape index (κ2) is 6.10. The minimum Gasteiger partial charge on any atom is -0.489 e. The predicted octanol–water partition coefficient (Wildman–Crippen LogP) is 5.00. The summed E-state index contributed by atoms with van der Waals surface area (Å²) in [5.74, 6) is 1.61. The molecule has 1 aliphatic rings. The summed E-state index contributed by atoms with van der Waals surface area (Å²) in [6.45, 7) is 11.0. The highest BCUT2D eigenvalue weighted by Crippen LogP contribution is 2.34. The molecule has 0 radical (unpaired) electrons. The van der Waals surface area contributed by atoms with E-state index in [0.717, 1.165) is 30.6 Å². The lowest BCUT2D eigenvalue weighted by Crippen LogP contribution is -2.32. The van der Waals surface area contributed by atoms with Gasteiger partial charge < -0.3 is 4.74 Å². The summed E-state index contributed by atoms with van der Waals surface area (Å²) >= 11 is 0. The maximum Gasteiger partial charge on any atom is 0.122 e. The van der Waals surface area contributed by atoms with Crippen molar-refractivity contribution in [3.8, 4) is 11.8 Å². The molecule has 1 aromatic rings. The number of nitrogens with zero attached hydrogens (tertiary/aromatic N) is 1. The molecule has 1 saturated carbocycles. The first-order valence-electron chi connectivity index (χ1n) is 7.98. The maximum atomic E-state index is 9.32. The van der Waals surface area contributed by atoms with Gasteiger partial charge in [0.15, 0.2) is 0 Å². The van der Waals surface area contributed by atoms with Crippen molar-refractivity contribution in [3.63, 3.8) is 0 Å². The molecule has 0 amide bonds. The third-order valence-electron chi connectivity index (χ3n) is 4.54. The molecule has 21 heavy (non-hydrogen) atoms. The van der Waals surface area contributed by atoms with E-state index >= 15 is 0 Å². The Morgan fingerprint density at radius 3 is 2.52 bits per heavy atom. The van der Waals surface area contributed by atoms with Gasteiger partial charge in [0, 0.05) is 0 Å². The van der Waals surface area contributed by atoms with Crippen LogP contribution in [0.3, 0.4) is 0 Å². The average Bonchev–Trinajstić information content (AvgIpc) is 2.40. The van der Waals surface area contributed by atoms with Crippen molar-refractivity contribution in [1.29, 1.82) is 5.26 Å². The minimum atomic E-state index is 0.0305. The molecule has 2 rings (SSSR count). The summed E-state index contributed by atoms with van der Waals surface area (Å²) < 4.78 is 6.21. The van der Waals surface area contributed by atoms with Crippen LogP contribution in [0.1, 0.15) is 58.1 Å². The first-order valence-corrected chi connectivity index (χ1v) is 7.98. The molecule has 0 bridgehead atoms. The van der Waals surface area contributed by atoms with Gasteiger partial charge in [-0.2, -0.15) is 5.26 Å². The van der Waals surface area contributed by atoms with Crippen molar-refractivity contribution >= 4 is 0 Å². The van der Waals surface area contributed by atoms with Crippen molar-refractivity contribution in [2.75, 3.05) is 0 Å². The Balaban J connectivity index is 2.17. The molecule has 1 fully saturated rings. The number of rotatable bonds is 2. The van der Waals surface area contributed by atoms with Crippen LogP contribution in [0.25, 0.3) is 0 Å². The molecule has 114 valence electrons. The molecule has 1 aliphatic carbocycles. The molecule has 1 aromatic carbocycles. The quantitative estimate of drug-likeness (QED) is 0.766. The van der Waals surface area contributed by atoms with E-state index in [1.54, 1.807) is 0 Å². The van der Waals surface area contributed by atoms with Gasteiger partial charge in [-0.25, -0.2) is 0 Å². The Morgan fingerprint density at radius 1 is 1.24 bits per heavy atom. The SMILES string of the molecule is Cc1cc(C(C)(C)C)ccc1OC1CC(C)CCC1C#N. The van der Waals surface area contributed by atoms with Gasteiger partial charge in [-0.05, 0) is 54.7 Å². The Bertz CT molecular complexity index is 535. The van der Waals surface area contributed by atoms with Gasteiger partial charge in [-0.1, -0.05) is 39.8 Å². The highest BCUT2D eigenvalue weighted by atomic mass is 16.5. The van der Waals surface area contributed by atoms with Crippen LogP contribution in [0.15, 0.2) is 18.2 Å². The zero-order valence-electron chi connectivity index (χ0n) is 13.9. The van der Waals surface area contributed by atoms with Crippen LogP contribution >= 0.6 is 0 Å². The molecule has 0 aliphatic heterocycles. The second-order valence-electron chi connectivity index (χ2n) is 7.54. The number of hydrogen-bond donors (Lipinski definition) is 0. The monoisotopic (exact) mass is 285 g/mol. The fourth-order valence-corrected chi connectivity index (χ4v) is 3.02. The predicted molar refractivity (Wildman–Crippen MR) is 86.4 cm³/mol. The van der Waals surface area contributed by atoms with E-state index in [9.17, 15) is 5.26 Å². The maximum absolute atomic E-state index is 9.32. The summed E-state index contributed by atoms with van der Waals surface area (Å²) in [6.07, 6.45) is 3.12. The molecular weight excluding hydrogens is 258 g/mol. The van der Waals surface area contributed by atoms with Crippen LogP contribution < -0.4 is 4.74 Å². The molecule has 0 aromatic heterocycles. The van der Waals surface area contributed by atoms with Crippen molar-refractivity contribution in [2.24, 2.45) is 11.8 Å². The molecule has 0 saturated heterocycles. The molecule has 2 heteroatoms. The third-order valence-corrected chi connectivity index (χ3v) is 4.54. The number of benzene rings is 1. The van der Waals surface area contributed by atoms with Gasteiger partial charge in [-0.15, -0.1) is 0 Å². The Morgan fingerprint density at radius 2 is 1.95 bits per heavy atom. The van der Waals surface area contributed by atoms with Gasteiger partial charge in [0.2, 0.25) is 0 Å². The Hall–Kier alpha value is -1.49. The topological polar surface area (TPSA) is 33.0 Å². The fourth-order valence-electron chi connectivity index (χ4n) is 3.02. The van der Waals surface area contributed by atoms with E-state index in [0.29, 0.717) is 5.92 Å². The van der Waals surface area contributed by atoms with Crippen LogP contribution in [-0.4, -0.2) is 6.10 Å². The smallest absolute Gasteiger partial charge is 0.122 e. The van der Waals surface area contributed by atoms with E-state index < -0.39 is 0 Å². The van der Waals surface area contributed by atoms with Gasteiger partial charge >= 0.3 is 0 Å². The third kappa shape index (κ3) is 3.79. The van der Waals surface area contributed by atoms with Crippen LogP contribution in [0, 0.1) is 30.1 Å². The van der Waals surface area contributed by atoms with Gasteiger partial charge in [0.1, 0.15) is 11.9 Å². The van der Waals surface area contributed by atoms with Crippen LogP contribution in [0.4, 0.5) is 0 Å². The molecule has 2 nitrogen and oxygen atoms in total. The van der Waals surface area contributed by atoms with Crippen molar-refractivity contribution in [3.05, 3.63) is 29.3 Å². The van der Waals surface area contributed by atoms with Gasteiger partial charge in [-0.3, -0.25) is 0 Å². The summed E-state index contributed by atoms with van der Waals surface area (Å²) in [5.41, 5.74) is 2.64. The number of hydrogen-bond acceptors (Lipinski definition) is 2. The molecular formula is C19H27NO. The normalized spacial score (nSPS) is 26.2. The number of nitriles is 1. The Labute approximate surface area is 129 Å². The zero-order chi connectivity index (χ0) is 15.6. The van der Waals surface area contributed by atoms with Crippen molar-refractivity contribution in [1.82, 2.24) is 0 Å². The molecule has 0 heterocycles. The average molecular weight is 285 g/mol. The highest BCUT2D eigenvalue weighted by Gasteiger charge is 2.30. The van der Waals surface area contributed by atoms with Crippen LogP contribution in [-0.2, 0) is 5.41 Å². The second-order valence-corrected chi connectivity index (χ2v) is 7.54. The summed E-state index contributed by atoms with van der Waals surface area (Å²) in [6, 6.07) is 8.86. The number of aryl methyl sites for hydroxylation is 1. The first kappa shape index (κ1) is 15.9. The highest BCUT2D eigenvalue weighted by molar-refractivity contribution is 5.39. The van der Waals surface area contributed by atoms with Crippen molar-refractivity contribution in [2.45, 2.75) is 65.4 Å². The molecule has 0 spiro atoms. The standard InChI is InChI=1S/C19H27NO/c1-13-6-7-15(12-20)18(10-13)21-17-9-8-16(11-14(17)2)19(3,4)5/h8-9,11,13,15,18H,6-7,10H2,1-5H3. The molecule has 3 atom stereocenters. The van der Waals surface area contributed by atoms with E-state index in [-0.39, 0.29) is 17.4 Å². The Kier molecular flexibility index (Phi) is 4.61. The van der Waals surface area contributed by atoms with E-state index in [4.69, 9.17) is 4.74 Å². The fraction of sp³-hybridized carbons (Fsp3) is 0.632. The van der Waals surface area contributed by atoms with Crippen LogP contribution in [0.5, 0.6) is 5.75 Å². The van der Waals surface area contributed by atoms with Crippen molar-refractivity contribution < 1.29 is 4.74 Å². The zero-order valence-corrected chi connectivity index (χ0v) is 13.9. The lowest BCUT2D eigenvalue weighted by molar-refractivity contribution is 0.0949. The van der Waals surface area contributed by atoms with Crippen LogP contribution in [0.2, 0.25) is 0 Å².